The smallest absolute Gasteiger partial charge is 0.407 e. The Hall–Kier alpha value is -2.26. The van der Waals surface area contributed by atoms with Crippen molar-refractivity contribution in [1.29, 1.82) is 4.78 Å². The van der Waals surface area contributed by atoms with Gasteiger partial charge in [0, 0.05) is 35.7 Å². The van der Waals surface area contributed by atoms with Gasteiger partial charge in [-0.3, -0.25) is 5.10 Å². The number of rotatable bonds is 6. The first kappa shape index (κ1) is 21.4. The molecule has 3 atom stereocenters. The summed E-state index contributed by atoms with van der Waals surface area (Å²) in [5.74, 6) is 0.878. The van der Waals surface area contributed by atoms with Crippen LogP contribution in [-0.2, 0) is 14.5 Å². The van der Waals surface area contributed by atoms with Gasteiger partial charge in [0.1, 0.15) is 6.10 Å². The molecule has 1 unspecified atom stereocenters. The van der Waals surface area contributed by atoms with Gasteiger partial charge in [-0.1, -0.05) is 11.6 Å². The molecule has 0 aliphatic heterocycles. The van der Waals surface area contributed by atoms with Crippen molar-refractivity contribution in [1.82, 2.24) is 15.5 Å². The van der Waals surface area contributed by atoms with Gasteiger partial charge in [-0.15, -0.1) is 0 Å². The van der Waals surface area contributed by atoms with E-state index in [0.717, 1.165) is 25.0 Å². The van der Waals surface area contributed by atoms with Crippen molar-refractivity contribution in [2.24, 2.45) is 0 Å². The summed E-state index contributed by atoms with van der Waals surface area (Å²) in [6.07, 6.45) is 3.35. The molecule has 0 radical (unpaired) electrons. The molecular weight excluding hydrogens is 414 g/mol. The normalized spacial score (nSPS) is 21.0. The first-order chi connectivity index (χ1) is 13.6. The van der Waals surface area contributed by atoms with Crippen molar-refractivity contribution in [3.63, 3.8) is 0 Å². The maximum atomic E-state index is 11.9. The molecule has 1 aliphatic rings. The van der Waals surface area contributed by atoms with Gasteiger partial charge in [0.2, 0.25) is 0 Å². The van der Waals surface area contributed by atoms with Crippen LogP contribution in [0.25, 0.3) is 0 Å². The minimum atomic E-state index is -2.87. The number of amides is 1. The summed E-state index contributed by atoms with van der Waals surface area (Å²) >= 11 is 6.16. The Morgan fingerprint density at radius 1 is 1.38 bits per heavy atom. The molecule has 1 aliphatic carbocycles. The minimum Gasteiger partial charge on any atom is -0.446 e. The summed E-state index contributed by atoms with van der Waals surface area (Å²) in [5.41, 5.74) is 1.67. The van der Waals surface area contributed by atoms with Gasteiger partial charge < -0.3 is 15.4 Å². The molecule has 29 heavy (non-hydrogen) atoms. The number of nitrogens with zero attached hydrogens (tertiary/aromatic N) is 1. The molecule has 0 bridgehead atoms. The molecule has 1 amide bonds. The number of aromatic amines is 1. The standard InChI is InChI=1S/C19H26ClN5O3S/c1-11(2)22-19(26)28-14-6-4-12(8-14)16-10-18(25-24-16)23-13-5-7-17(15(20)9-13)29(3,21)27/h5,7,9-12,14,21H,4,6,8H2,1-3H3,(H,22,26)(H2,23,24,25)/t12-,14+,29?/m1/s1. The number of H-pyrrole nitrogens is 1. The molecule has 2 aromatic rings. The number of benzene rings is 1. The first-order valence-corrected chi connectivity index (χ1v) is 11.8. The highest BCUT2D eigenvalue weighted by atomic mass is 35.5. The van der Waals surface area contributed by atoms with Crippen molar-refractivity contribution in [2.45, 2.75) is 56.1 Å². The predicted molar refractivity (Wildman–Crippen MR) is 114 cm³/mol. The van der Waals surface area contributed by atoms with Gasteiger partial charge in [0.25, 0.3) is 0 Å². The third-order valence-electron chi connectivity index (χ3n) is 4.73. The summed E-state index contributed by atoms with van der Waals surface area (Å²) in [6, 6.07) is 6.93. The molecule has 158 valence electrons. The molecule has 10 heteroatoms. The number of nitrogens with one attached hydrogen (secondary N) is 4. The SMILES string of the molecule is CC(C)NC(=O)O[C@H]1CC[C@@H](c2cc(Nc3ccc(S(C)(=N)=O)c(Cl)c3)n[nH]2)C1. The van der Waals surface area contributed by atoms with E-state index in [1.165, 1.54) is 6.26 Å². The van der Waals surface area contributed by atoms with Crippen LogP contribution in [-0.4, -0.2) is 38.9 Å². The zero-order chi connectivity index (χ0) is 21.2. The Bertz CT molecular complexity index is 989. The van der Waals surface area contributed by atoms with Crippen molar-refractivity contribution in [3.8, 4) is 0 Å². The van der Waals surface area contributed by atoms with E-state index in [0.29, 0.717) is 16.4 Å². The van der Waals surface area contributed by atoms with E-state index in [9.17, 15) is 9.00 Å². The monoisotopic (exact) mass is 439 g/mol. The third-order valence-corrected chi connectivity index (χ3v) is 6.35. The van der Waals surface area contributed by atoms with Gasteiger partial charge in [0.15, 0.2) is 5.82 Å². The van der Waals surface area contributed by atoms with Crippen molar-refractivity contribution in [3.05, 3.63) is 35.0 Å². The molecule has 0 spiro atoms. The van der Waals surface area contributed by atoms with Crippen LogP contribution in [0.4, 0.5) is 16.3 Å². The van der Waals surface area contributed by atoms with E-state index in [4.69, 9.17) is 21.1 Å². The van der Waals surface area contributed by atoms with Gasteiger partial charge in [0.05, 0.1) is 19.6 Å². The third kappa shape index (κ3) is 5.63. The van der Waals surface area contributed by atoms with E-state index in [-0.39, 0.29) is 29.2 Å². The second-order valence-corrected chi connectivity index (χ2v) is 10.2. The fourth-order valence-corrected chi connectivity index (χ4v) is 4.78. The lowest BCUT2D eigenvalue weighted by atomic mass is 10.0. The number of hydrogen-bond acceptors (Lipinski definition) is 6. The maximum Gasteiger partial charge on any atom is 0.407 e. The maximum absolute atomic E-state index is 11.9. The lowest BCUT2D eigenvalue weighted by Crippen LogP contribution is -2.33. The summed E-state index contributed by atoms with van der Waals surface area (Å²) in [6.45, 7) is 3.79. The Balaban J connectivity index is 1.60. The summed E-state index contributed by atoms with van der Waals surface area (Å²) in [5, 5.41) is 13.5. The molecule has 1 aromatic carbocycles. The van der Waals surface area contributed by atoms with E-state index in [1.807, 2.05) is 19.9 Å². The van der Waals surface area contributed by atoms with Crippen molar-refractivity contribution < 1.29 is 13.7 Å². The minimum absolute atomic E-state index is 0.0495. The molecule has 1 saturated carbocycles. The summed E-state index contributed by atoms with van der Waals surface area (Å²) in [7, 11) is -2.87. The molecule has 0 saturated heterocycles. The Kier molecular flexibility index (Phi) is 6.38. The van der Waals surface area contributed by atoms with Crippen LogP contribution in [0.15, 0.2) is 29.2 Å². The highest BCUT2D eigenvalue weighted by molar-refractivity contribution is 7.91. The summed E-state index contributed by atoms with van der Waals surface area (Å²) < 4.78 is 25.0. The highest BCUT2D eigenvalue weighted by Gasteiger charge is 2.30. The van der Waals surface area contributed by atoms with E-state index in [2.05, 4.69) is 20.8 Å². The molecule has 1 aromatic heterocycles. The summed E-state index contributed by atoms with van der Waals surface area (Å²) in [4.78, 5) is 12.1. The van der Waals surface area contributed by atoms with E-state index >= 15 is 0 Å². The Labute approximate surface area is 175 Å². The lowest BCUT2D eigenvalue weighted by Gasteiger charge is -2.14. The zero-order valence-electron chi connectivity index (χ0n) is 16.6. The van der Waals surface area contributed by atoms with Crippen molar-refractivity contribution >= 4 is 38.9 Å². The fourth-order valence-electron chi connectivity index (χ4n) is 3.40. The van der Waals surface area contributed by atoms with Crippen LogP contribution in [0.5, 0.6) is 0 Å². The molecule has 4 N–H and O–H groups in total. The van der Waals surface area contributed by atoms with Gasteiger partial charge in [-0.2, -0.15) is 5.10 Å². The fraction of sp³-hybridized carbons (Fsp3) is 0.474. The van der Waals surface area contributed by atoms with Gasteiger partial charge in [-0.05, 0) is 51.3 Å². The zero-order valence-corrected chi connectivity index (χ0v) is 18.2. The number of carbonyl (C=O) groups excluding carboxylic acids is 1. The number of ether oxygens (including phenoxy) is 1. The second kappa shape index (κ2) is 8.62. The Morgan fingerprint density at radius 2 is 2.14 bits per heavy atom. The van der Waals surface area contributed by atoms with Crippen LogP contribution < -0.4 is 10.6 Å². The van der Waals surface area contributed by atoms with Gasteiger partial charge in [-0.25, -0.2) is 13.8 Å². The van der Waals surface area contributed by atoms with Crippen LogP contribution >= 0.6 is 11.6 Å². The van der Waals surface area contributed by atoms with Crippen LogP contribution in [0.3, 0.4) is 0 Å². The van der Waals surface area contributed by atoms with Crippen LogP contribution in [0.1, 0.15) is 44.7 Å². The number of alkyl carbamates (subject to hydrolysis) is 1. The van der Waals surface area contributed by atoms with Crippen LogP contribution in [0, 0.1) is 4.78 Å². The molecule has 1 heterocycles. The van der Waals surface area contributed by atoms with E-state index < -0.39 is 9.73 Å². The van der Waals surface area contributed by atoms with Crippen molar-refractivity contribution in [2.75, 3.05) is 11.6 Å². The number of anilines is 2. The average molecular weight is 440 g/mol. The quantitative estimate of drug-likeness (QED) is 0.523. The Morgan fingerprint density at radius 3 is 2.79 bits per heavy atom. The largest absolute Gasteiger partial charge is 0.446 e. The number of halogens is 1. The topological polar surface area (TPSA) is 120 Å². The molecule has 1 fully saturated rings. The number of aromatic nitrogens is 2. The van der Waals surface area contributed by atoms with Crippen LogP contribution in [0.2, 0.25) is 5.02 Å². The highest BCUT2D eigenvalue weighted by Crippen LogP contribution is 2.36. The molecular formula is C19H26ClN5O3S. The van der Waals surface area contributed by atoms with E-state index in [1.54, 1.807) is 18.2 Å². The number of hydrogen-bond donors (Lipinski definition) is 4. The predicted octanol–water partition coefficient (Wildman–Crippen LogP) is 4.61. The average Bonchev–Trinajstić information content (AvgIpc) is 3.22. The second-order valence-electron chi connectivity index (χ2n) is 7.66. The lowest BCUT2D eigenvalue weighted by molar-refractivity contribution is 0.0981. The van der Waals surface area contributed by atoms with Gasteiger partial charge >= 0.3 is 6.09 Å². The number of carbonyl (C=O) groups is 1. The molecule has 8 nitrogen and oxygen atoms in total. The molecule has 3 rings (SSSR count). The first-order valence-electron chi connectivity index (χ1n) is 9.44.